The zero-order valence-corrected chi connectivity index (χ0v) is 14.7. The van der Waals surface area contributed by atoms with Gasteiger partial charge in [-0.2, -0.15) is 0 Å². The average Bonchev–Trinajstić information content (AvgIpc) is 3.02. The molecule has 0 aromatic carbocycles. The Morgan fingerprint density at radius 2 is 2.18 bits per heavy atom. The number of hydrogen-bond acceptors (Lipinski definition) is 6. The quantitative estimate of drug-likeness (QED) is 0.788. The smallest absolute Gasteiger partial charge is 0.350 e. The third kappa shape index (κ3) is 4.17. The number of halogens is 1. The summed E-state index contributed by atoms with van der Waals surface area (Å²) < 4.78 is 10.8. The normalized spacial score (nSPS) is 10.8. The Morgan fingerprint density at radius 3 is 2.77 bits per heavy atom. The highest BCUT2D eigenvalue weighted by atomic mass is 79.9. The Hall–Kier alpha value is -1.67. The van der Waals surface area contributed by atoms with Gasteiger partial charge in [-0.15, -0.1) is 0 Å². The van der Waals surface area contributed by atoms with Crippen LogP contribution < -0.4 is 5.32 Å². The number of nitrogens with one attached hydrogen (secondary N) is 1. The number of furan rings is 1. The zero-order valence-electron chi connectivity index (χ0n) is 12.3. The number of anilines is 1. The van der Waals surface area contributed by atoms with E-state index in [0.717, 1.165) is 11.3 Å². The summed E-state index contributed by atoms with van der Waals surface area (Å²) in [6.07, 6.45) is 0. The summed E-state index contributed by atoms with van der Waals surface area (Å²) in [5.74, 6) is -0.441. The van der Waals surface area contributed by atoms with E-state index in [4.69, 9.17) is 9.15 Å². The van der Waals surface area contributed by atoms with E-state index in [-0.39, 0.29) is 11.7 Å². The number of ether oxygens (including phenoxy) is 1. The highest BCUT2D eigenvalue weighted by Crippen LogP contribution is 2.24. The fourth-order valence-electron chi connectivity index (χ4n) is 1.54. The van der Waals surface area contributed by atoms with Gasteiger partial charge in [0.15, 0.2) is 15.6 Å². The van der Waals surface area contributed by atoms with Crippen LogP contribution in [0.1, 0.15) is 39.8 Å². The Balaban J connectivity index is 2.06. The van der Waals surface area contributed by atoms with Crippen molar-refractivity contribution in [1.29, 1.82) is 0 Å². The van der Waals surface area contributed by atoms with Gasteiger partial charge in [0.25, 0.3) is 5.91 Å². The van der Waals surface area contributed by atoms with E-state index in [0.29, 0.717) is 27.0 Å². The SMILES string of the molecule is Cc1nc(NC(=O)c2ccc(Br)o2)sc1C(=O)OCC(C)C. The van der Waals surface area contributed by atoms with Crippen molar-refractivity contribution >= 4 is 44.3 Å². The van der Waals surface area contributed by atoms with Crippen LogP contribution in [0.4, 0.5) is 5.13 Å². The van der Waals surface area contributed by atoms with Crippen molar-refractivity contribution in [1.82, 2.24) is 4.98 Å². The molecular formula is C14H15BrN2O4S. The van der Waals surface area contributed by atoms with E-state index in [1.807, 2.05) is 13.8 Å². The molecule has 1 amide bonds. The highest BCUT2D eigenvalue weighted by molar-refractivity contribution is 9.10. The van der Waals surface area contributed by atoms with Crippen molar-refractivity contribution in [2.24, 2.45) is 5.92 Å². The molecule has 6 nitrogen and oxygen atoms in total. The number of carbonyl (C=O) groups is 2. The Labute approximate surface area is 140 Å². The minimum atomic E-state index is -0.429. The van der Waals surface area contributed by atoms with Gasteiger partial charge in [0.2, 0.25) is 0 Å². The lowest BCUT2D eigenvalue weighted by molar-refractivity contribution is 0.0463. The van der Waals surface area contributed by atoms with E-state index in [9.17, 15) is 9.59 Å². The molecule has 0 aliphatic heterocycles. The molecule has 0 saturated carbocycles. The fraction of sp³-hybridized carbons (Fsp3) is 0.357. The molecule has 2 aromatic rings. The number of hydrogen-bond donors (Lipinski definition) is 1. The van der Waals surface area contributed by atoms with Gasteiger partial charge in [-0.05, 0) is 40.9 Å². The molecule has 118 valence electrons. The van der Waals surface area contributed by atoms with Crippen molar-refractivity contribution in [3.63, 3.8) is 0 Å². The van der Waals surface area contributed by atoms with Crippen LogP contribution in [-0.2, 0) is 4.74 Å². The Morgan fingerprint density at radius 1 is 1.45 bits per heavy atom. The van der Waals surface area contributed by atoms with Crippen LogP contribution in [0.25, 0.3) is 0 Å². The number of carbonyl (C=O) groups excluding carboxylic acids is 2. The predicted molar refractivity (Wildman–Crippen MR) is 86.3 cm³/mol. The van der Waals surface area contributed by atoms with Gasteiger partial charge >= 0.3 is 5.97 Å². The maximum atomic E-state index is 12.0. The van der Waals surface area contributed by atoms with Gasteiger partial charge < -0.3 is 9.15 Å². The minimum absolute atomic E-state index is 0.156. The number of amides is 1. The number of thiazole rings is 1. The molecule has 0 spiro atoms. The van der Waals surface area contributed by atoms with Gasteiger partial charge in [-0.25, -0.2) is 9.78 Å². The van der Waals surface area contributed by atoms with Crippen LogP contribution in [0.5, 0.6) is 0 Å². The first-order valence-electron chi connectivity index (χ1n) is 6.58. The topological polar surface area (TPSA) is 81.4 Å². The summed E-state index contributed by atoms with van der Waals surface area (Å²) in [5.41, 5.74) is 0.523. The first-order valence-corrected chi connectivity index (χ1v) is 8.19. The van der Waals surface area contributed by atoms with Gasteiger partial charge in [-0.3, -0.25) is 10.1 Å². The maximum absolute atomic E-state index is 12.0. The van der Waals surface area contributed by atoms with E-state index in [1.54, 1.807) is 13.0 Å². The van der Waals surface area contributed by atoms with Gasteiger partial charge in [-0.1, -0.05) is 25.2 Å². The van der Waals surface area contributed by atoms with Gasteiger partial charge in [0, 0.05) is 0 Å². The molecule has 2 aromatic heterocycles. The predicted octanol–water partition coefficient (Wildman–Crippen LogP) is 3.87. The minimum Gasteiger partial charge on any atom is -0.461 e. The molecule has 0 fully saturated rings. The average molecular weight is 387 g/mol. The van der Waals surface area contributed by atoms with Crippen molar-refractivity contribution in [2.75, 3.05) is 11.9 Å². The molecule has 0 atom stereocenters. The molecule has 22 heavy (non-hydrogen) atoms. The summed E-state index contributed by atoms with van der Waals surface area (Å²) in [5, 5.41) is 2.92. The summed E-state index contributed by atoms with van der Waals surface area (Å²) in [6, 6.07) is 3.16. The monoisotopic (exact) mass is 386 g/mol. The van der Waals surface area contributed by atoms with Crippen LogP contribution >= 0.6 is 27.3 Å². The largest absolute Gasteiger partial charge is 0.461 e. The molecule has 2 rings (SSSR count). The van der Waals surface area contributed by atoms with Crippen molar-refractivity contribution in [3.05, 3.63) is 33.1 Å². The molecule has 2 heterocycles. The van der Waals surface area contributed by atoms with E-state index in [2.05, 4.69) is 26.2 Å². The first kappa shape index (κ1) is 16.7. The van der Waals surface area contributed by atoms with E-state index in [1.165, 1.54) is 6.07 Å². The summed E-state index contributed by atoms with van der Waals surface area (Å²) in [6.45, 7) is 5.96. The highest BCUT2D eigenvalue weighted by Gasteiger charge is 2.19. The molecule has 0 saturated heterocycles. The molecule has 1 N–H and O–H groups in total. The molecule has 0 aliphatic rings. The van der Waals surface area contributed by atoms with Crippen LogP contribution in [0.15, 0.2) is 21.2 Å². The lowest BCUT2D eigenvalue weighted by Crippen LogP contribution is -2.10. The second kappa shape index (κ2) is 7.06. The van der Waals surface area contributed by atoms with Crippen molar-refractivity contribution in [3.8, 4) is 0 Å². The number of aromatic nitrogens is 1. The number of rotatable bonds is 5. The molecule has 8 heteroatoms. The second-order valence-electron chi connectivity index (χ2n) is 4.98. The van der Waals surface area contributed by atoms with E-state index < -0.39 is 11.9 Å². The molecule has 0 bridgehead atoms. The molecule has 0 radical (unpaired) electrons. The Bertz CT molecular complexity index is 693. The van der Waals surface area contributed by atoms with Crippen LogP contribution in [0, 0.1) is 12.8 Å². The van der Waals surface area contributed by atoms with Crippen LogP contribution in [0.3, 0.4) is 0 Å². The number of esters is 1. The van der Waals surface area contributed by atoms with Crippen LogP contribution in [-0.4, -0.2) is 23.5 Å². The number of nitrogens with zero attached hydrogens (tertiary/aromatic N) is 1. The second-order valence-corrected chi connectivity index (χ2v) is 6.76. The van der Waals surface area contributed by atoms with Crippen molar-refractivity contribution in [2.45, 2.75) is 20.8 Å². The first-order chi connectivity index (χ1) is 10.4. The maximum Gasteiger partial charge on any atom is 0.350 e. The Kier molecular flexibility index (Phi) is 5.36. The molecule has 0 aliphatic carbocycles. The summed E-state index contributed by atoms with van der Waals surface area (Å²) in [4.78, 5) is 28.5. The van der Waals surface area contributed by atoms with Gasteiger partial charge in [0.1, 0.15) is 4.88 Å². The van der Waals surface area contributed by atoms with E-state index >= 15 is 0 Å². The zero-order chi connectivity index (χ0) is 16.3. The van der Waals surface area contributed by atoms with Gasteiger partial charge in [0.05, 0.1) is 12.3 Å². The van der Waals surface area contributed by atoms with Crippen molar-refractivity contribution < 1.29 is 18.7 Å². The summed E-state index contributed by atoms with van der Waals surface area (Å²) in [7, 11) is 0. The third-order valence-corrected chi connectivity index (χ3v) is 4.03. The lowest BCUT2D eigenvalue weighted by Gasteiger charge is -2.05. The molecule has 0 unspecified atom stereocenters. The van der Waals surface area contributed by atoms with Crippen LogP contribution in [0.2, 0.25) is 0 Å². The summed E-state index contributed by atoms with van der Waals surface area (Å²) >= 11 is 4.21. The fourth-order valence-corrected chi connectivity index (χ4v) is 2.70. The molecular weight excluding hydrogens is 372 g/mol. The standard InChI is InChI=1S/C14H15BrN2O4S/c1-7(2)6-20-13(19)11-8(3)16-14(22-11)17-12(18)9-4-5-10(15)21-9/h4-5,7H,6H2,1-3H3,(H,16,17,18). The number of aryl methyl sites for hydroxylation is 1. The third-order valence-electron chi connectivity index (χ3n) is 2.55. The lowest BCUT2D eigenvalue weighted by atomic mass is 10.2.